The summed E-state index contributed by atoms with van der Waals surface area (Å²) in [6.07, 6.45) is 3.43. The van der Waals surface area contributed by atoms with E-state index in [0.717, 1.165) is 18.2 Å². The summed E-state index contributed by atoms with van der Waals surface area (Å²) in [6, 6.07) is 5.12. The molecule has 1 amide bonds. The van der Waals surface area contributed by atoms with Gasteiger partial charge in [-0.1, -0.05) is 22.9 Å². The van der Waals surface area contributed by atoms with Gasteiger partial charge >= 0.3 is 0 Å². The summed E-state index contributed by atoms with van der Waals surface area (Å²) in [5.41, 5.74) is 0.806. The number of hydrogen-bond acceptors (Lipinski definition) is 3. The molecule has 4 nitrogen and oxygen atoms in total. The second-order valence-electron chi connectivity index (χ2n) is 4.20. The van der Waals surface area contributed by atoms with Crippen LogP contribution >= 0.6 is 15.9 Å². The molecule has 1 aromatic rings. The van der Waals surface area contributed by atoms with Gasteiger partial charge in [-0.3, -0.25) is 4.79 Å². The van der Waals surface area contributed by atoms with E-state index < -0.39 is 0 Å². The first-order valence-electron chi connectivity index (χ1n) is 5.87. The number of rotatable bonds is 6. The number of alkyl halides is 1. The van der Waals surface area contributed by atoms with Crippen molar-refractivity contribution in [1.82, 2.24) is 10.3 Å². The van der Waals surface area contributed by atoms with Gasteiger partial charge in [0.25, 0.3) is 5.91 Å². The van der Waals surface area contributed by atoms with Crippen LogP contribution in [0, 0.1) is 17.2 Å². The van der Waals surface area contributed by atoms with Crippen LogP contribution < -0.4 is 5.32 Å². The average Bonchev–Trinajstić information content (AvgIpc) is 2.43. The SMILES string of the molecule is CC(CBr)CCCNC(=O)c1ccc(C#N)cn1. The van der Waals surface area contributed by atoms with Crippen molar-refractivity contribution in [2.24, 2.45) is 5.92 Å². The summed E-state index contributed by atoms with van der Waals surface area (Å²) in [4.78, 5) is 15.6. The zero-order chi connectivity index (χ0) is 13.4. The summed E-state index contributed by atoms with van der Waals surface area (Å²) < 4.78 is 0. The molecule has 1 unspecified atom stereocenters. The lowest BCUT2D eigenvalue weighted by molar-refractivity contribution is 0.0947. The van der Waals surface area contributed by atoms with E-state index >= 15 is 0 Å². The van der Waals surface area contributed by atoms with Gasteiger partial charge < -0.3 is 5.32 Å². The molecule has 96 valence electrons. The highest BCUT2D eigenvalue weighted by Crippen LogP contribution is 2.07. The van der Waals surface area contributed by atoms with Crippen molar-refractivity contribution in [3.63, 3.8) is 0 Å². The Labute approximate surface area is 116 Å². The number of hydrogen-bond donors (Lipinski definition) is 1. The molecule has 1 rings (SSSR count). The third kappa shape index (κ3) is 4.84. The Morgan fingerprint density at radius 2 is 2.39 bits per heavy atom. The lowest BCUT2D eigenvalue weighted by atomic mass is 10.1. The highest BCUT2D eigenvalue weighted by molar-refractivity contribution is 9.09. The molecule has 0 spiro atoms. The number of amides is 1. The number of carbonyl (C=O) groups excluding carboxylic acids is 1. The zero-order valence-corrected chi connectivity index (χ0v) is 11.9. The quantitative estimate of drug-likeness (QED) is 0.648. The lowest BCUT2D eigenvalue weighted by Crippen LogP contribution is -2.25. The Kier molecular flexibility index (Phi) is 6.37. The highest BCUT2D eigenvalue weighted by atomic mass is 79.9. The summed E-state index contributed by atoms with van der Waals surface area (Å²) in [5, 5.41) is 12.4. The largest absolute Gasteiger partial charge is 0.351 e. The number of nitrogens with zero attached hydrogens (tertiary/aromatic N) is 2. The first-order valence-corrected chi connectivity index (χ1v) is 7.00. The van der Waals surface area contributed by atoms with Gasteiger partial charge in [0, 0.05) is 18.1 Å². The maximum absolute atomic E-state index is 11.7. The third-order valence-corrected chi connectivity index (χ3v) is 3.65. The molecule has 0 fully saturated rings. The van der Waals surface area contributed by atoms with Crippen molar-refractivity contribution >= 4 is 21.8 Å². The molecule has 0 aromatic carbocycles. The zero-order valence-electron chi connectivity index (χ0n) is 10.3. The van der Waals surface area contributed by atoms with Crippen molar-refractivity contribution in [2.75, 3.05) is 11.9 Å². The Morgan fingerprint density at radius 1 is 1.61 bits per heavy atom. The molecule has 0 aliphatic rings. The second-order valence-corrected chi connectivity index (χ2v) is 4.85. The maximum atomic E-state index is 11.7. The lowest BCUT2D eigenvalue weighted by Gasteiger charge is -2.08. The van der Waals surface area contributed by atoms with E-state index in [4.69, 9.17) is 5.26 Å². The second kappa shape index (κ2) is 7.83. The minimum atomic E-state index is -0.189. The van der Waals surface area contributed by atoms with E-state index in [9.17, 15) is 4.79 Å². The highest BCUT2D eigenvalue weighted by Gasteiger charge is 2.06. The van der Waals surface area contributed by atoms with Gasteiger partial charge in [0.05, 0.1) is 5.56 Å². The Balaban J connectivity index is 2.34. The number of nitriles is 1. The van der Waals surface area contributed by atoms with Crippen molar-refractivity contribution in [1.29, 1.82) is 5.26 Å². The van der Waals surface area contributed by atoms with Gasteiger partial charge in [-0.25, -0.2) is 4.98 Å². The van der Waals surface area contributed by atoms with E-state index in [2.05, 4.69) is 33.2 Å². The summed E-state index contributed by atoms with van der Waals surface area (Å²) in [5.74, 6) is 0.431. The normalized spacial score (nSPS) is 11.6. The standard InChI is InChI=1S/C13H16BrN3O/c1-10(7-14)3-2-6-16-13(18)12-5-4-11(8-15)9-17-12/h4-5,9-10H,2-3,6-7H2,1H3,(H,16,18). The van der Waals surface area contributed by atoms with Crippen LogP contribution in [0.5, 0.6) is 0 Å². The van der Waals surface area contributed by atoms with Crippen LogP contribution in [-0.4, -0.2) is 22.8 Å². The van der Waals surface area contributed by atoms with E-state index in [0.29, 0.717) is 23.7 Å². The molecule has 0 aliphatic heterocycles. The van der Waals surface area contributed by atoms with Crippen LogP contribution in [0.3, 0.4) is 0 Å². The topological polar surface area (TPSA) is 65.8 Å². The first-order chi connectivity index (χ1) is 8.67. The number of halogens is 1. The predicted molar refractivity (Wildman–Crippen MR) is 73.5 cm³/mol. The molecule has 1 heterocycles. The van der Waals surface area contributed by atoms with Crippen molar-refractivity contribution in [3.8, 4) is 6.07 Å². The molecular weight excluding hydrogens is 294 g/mol. The van der Waals surface area contributed by atoms with Gasteiger partial charge in [-0.15, -0.1) is 0 Å². The van der Waals surface area contributed by atoms with Crippen LogP contribution in [-0.2, 0) is 0 Å². The van der Waals surface area contributed by atoms with Gasteiger partial charge in [0.15, 0.2) is 0 Å². The molecule has 0 bridgehead atoms. The van der Waals surface area contributed by atoms with E-state index in [1.165, 1.54) is 6.20 Å². The Bertz CT molecular complexity index is 425. The number of pyridine rings is 1. The molecule has 5 heteroatoms. The minimum absolute atomic E-state index is 0.189. The van der Waals surface area contributed by atoms with Crippen LogP contribution in [0.25, 0.3) is 0 Å². The predicted octanol–water partition coefficient (Wildman–Crippen LogP) is 2.49. The van der Waals surface area contributed by atoms with Crippen molar-refractivity contribution < 1.29 is 4.79 Å². The fourth-order valence-corrected chi connectivity index (χ4v) is 1.74. The minimum Gasteiger partial charge on any atom is -0.351 e. The van der Waals surface area contributed by atoms with Gasteiger partial charge in [0.2, 0.25) is 0 Å². The summed E-state index contributed by atoms with van der Waals surface area (Å²) in [7, 11) is 0. The molecule has 18 heavy (non-hydrogen) atoms. The molecule has 1 aromatic heterocycles. The van der Waals surface area contributed by atoms with E-state index in [1.54, 1.807) is 12.1 Å². The fourth-order valence-electron chi connectivity index (χ4n) is 1.41. The van der Waals surface area contributed by atoms with Gasteiger partial charge in [-0.05, 0) is 30.9 Å². The van der Waals surface area contributed by atoms with Gasteiger partial charge in [0.1, 0.15) is 11.8 Å². The molecule has 1 N–H and O–H groups in total. The number of nitrogens with one attached hydrogen (secondary N) is 1. The van der Waals surface area contributed by atoms with Crippen LogP contribution in [0.2, 0.25) is 0 Å². The Morgan fingerprint density at radius 3 is 2.94 bits per heavy atom. The summed E-state index contributed by atoms with van der Waals surface area (Å²) >= 11 is 3.42. The molecule has 0 saturated carbocycles. The van der Waals surface area contributed by atoms with E-state index in [-0.39, 0.29) is 5.91 Å². The number of aromatic nitrogens is 1. The average molecular weight is 310 g/mol. The van der Waals surface area contributed by atoms with Crippen molar-refractivity contribution in [2.45, 2.75) is 19.8 Å². The maximum Gasteiger partial charge on any atom is 0.269 e. The monoisotopic (exact) mass is 309 g/mol. The molecule has 0 saturated heterocycles. The number of carbonyl (C=O) groups is 1. The van der Waals surface area contributed by atoms with Crippen LogP contribution in [0.15, 0.2) is 18.3 Å². The fraction of sp³-hybridized carbons (Fsp3) is 0.462. The van der Waals surface area contributed by atoms with Crippen LogP contribution in [0.1, 0.15) is 35.8 Å². The Hall–Kier alpha value is -1.41. The smallest absolute Gasteiger partial charge is 0.269 e. The summed E-state index contributed by atoms with van der Waals surface area (Å²) in [6.45, 7) is 2.82. The van der Waals surface area contributed by atoms with E-state index in [1.807, 2.05) is 6.07 Å². The molecule has 1 atom stereocenters. The first kappa shape index (κ1) is 14.7. The molecule has 0 radical (unpaired) electrons. The van der Waals surface area contributed by atoms with Crippen molar-refractivity contribution in [3.05, 3.63) is 29.6 Å². The van der Waals surface area contributed by atoms with Crippen LogP contribution in [0.4, 0.5) is 0 Å². The van der Waals surface area contributed by atoms with Gasteiger partial charge in [-0.2, -0.15) is 5.26 Å². The molecular formula is C13H16BrN3O. The third-order valence-electron chi connectivity index (χ3n) is 2.55. The molecule has 0 aliphatic carbocycles.